The van der Waals surface area contributed by atoms with Gasteiger partial charge in [-0.2, -0.15) is 0 Å². The van der Waals surface area contributed by atoms with Crippen LogP contribution in [0.4, 0.5) is 0 Å². The number of amides is 1. The molecule has 2 unspecified atom stereocenters. The van der Waals surface area contributed by atoms with Crippen LogP contribution in [0.5, 0.6) is 0 Å². The smallest absolute Gasteiger partial charge is 0.234 e. The van der Waals surface area contributed by atoms with E-state index >= 15 is 0 Å². The number of rotatable bonds is 5. The monoisotopic (exact) mass is 319 g/mol. The molecule has 2 rings (SSSR count). The maximum absolute atomic E-state index is 12.1. The Kier molecular flexibility index (Phi) is 5.24. The lowest BCUT2D eigenvalue weighted by atomic mass is 10.0. The zero-order chi connectivity index (χ0) is 15.5. The molecule has 21 heavy (non-hydrogen) atoms. The molecule has 2 fully saturated rings. The summed E-state index contributed by atoms with van der Waals surface area (Å²) < 4.78 is 28.7. The number of hydrogen-bond donors (Lipinski definition) is 2. The molecule has 7 nitrogen and oxygen atoms in total. The number of hydrogen-bond acceptors (Lipinski definition) is 6. The first-order valence-electron chi connectivity index (χ1n) is 7.30. The van der Waals surface area contributed by atoms with Crippen LogP contribution in [0.15, 0.2) is 0 Å². The van der Waals surface area contributed by atoms with Gasteiger partial charge in [-0.1, -0.05) is 0 Å². The Hall–Kier alpha value is -0.700. The second kappa shape index (κ2) is 6.60. The highest BCUT2D eigenvalue weighted by Crippen LogP contribution is 2.22. The largest absolute Gasteiger partial charge is 0.374 e. The van der Waals surface area contributed by atoms with Crippen LogP contribution in [0.2, 0.25) is 0 Å². The van der Waals surface area contributed by atoms with Crippen molar-refractivity contribution >= 4 is 15.7 Å². The summed E-state index contributed by atoms with van der Waals surface area (Å²) in [6.45, 7) is 5.07. The molecule has 2 atom stereocenters. The van der Waals surface area contributed by atoms with Gasteiger partial charge in [0, 0.05) is 19.6 Å². The van der Waals surface area contributed by atoms with Gasteiger partial charge in [-0.3, -0.25) is 9.69 Å². The average Bonchev–Trinajstić information content (AvgIpc) is 2.63. The molecule has 2 aliphatic rings. The Morgan fingerprint density at radius 2 is 2.29 bits per heavy atom. The van der Waals surface area contributed by atoms with Crippen LogP contribution >= 0.6 is 0 Å². The van der Waals surface area contributed by atoms with Gasteiger partial charge >= 0.3 is 0 Å². The topological polar surface area (TPSA) is 87.7 Å². The third kappa shape index (κ3) is 5.21. The highest BCUT2D eigenvalue weighted by molar-refractivity contribution is 7.91. The molecule has 2 aliphatic heterocycles. The number of carbonyl (C=O) groups excluding carboxylic acids is 1. The summed E-state index contributed by atoms with van der Waals surface area (Å²) in [5, 5.41) is 6.11. The van der Waals surface area contributed by atoms with E-state index in [-0.39, 0.29) is 30.1 Å². The lowest BCUT2D eigenvalue weighted by molar-refractivity contribution is -0.123. The third-order valence-corrected chi connectivity index (χ3v) is 5.78. The lowest BCUT2D eigenvalue weighted by Crippen LogP contribution is -2.51. The average molecular weight is 319 g/mol. The number of carbonyl (C=O) groups is 1. The minimum Gasteiger partial charge on any atom is -0.374 e. The molecule has 0 aliphatic carbocycles. The van der Waals surface area contributed by atoms with E-state index in [9.17, 15) is 13.2 Å². The second-order valence-electron chi connectivity index (χ2n) is 6.34. The Morgan fingerprint density at radius 1 is 1.52 bits per heavy atom. The van der Waals surface area contributed by atoms with Crippen LogP contribution < -0.4 is 10.6 Å². The molecule has 0 aromatic heterocycles. The molecule has 0 radical (unpaired) electrons. The first kappa shape index (κ1) is 16.7. The van der Waals surface area contributed by atoms with Gasteiger partial charge in [0.15, 0.2) is 9.84 Å². The molecule has 2 N–H and O–H groups in total. The number of sulfone groups is 1. The molecule has 0 spiro atoms. The van der Waals surface area contributed by atoms with Crippen molar-refractivity contribution in [1.29, 1.82) is 0 Å². The quantitative estimate of drug-likeness (QED) is 0.648. The van der Waals surface area contributed by atoms with Gasteiger partial charge in [0.2, 0.25) is 5.91 Å². The summed E-state index contributed by atoms with van der Waals surface area (Å²) >= 11 is 0. The highest BCUT2D eigenvalue weighted by Gasteiger charge is 2.39. The molecule has 0 saturated carbocycles. The normalized spacial score (nSPS) is 32.2. The molecule has 1 amide bonds. The van der Waals surface area contributed by atoms with E-state index in [2.05, 4.69) is 10.6 Å². The number of nitrogens with zero attached hydrogens (tertiary/aromatic N) is 1. The number of morpholine rings is 1. The van der Waals surface area contributed by atoms with E-state index in [0.717, 1.165) is 13.1 Å². The van der Waals surface area contributed by atoms with Crippen molar-refractivity contribution in [1.82, 2.24) is 15.5 Å². The minimum atomic E-state index is -3.01. The van der Waals surface area contributed by atoms with E-state index in [1.165, 1.54) is 0 Å². The Balaban J connectivity index is 1.76. The van der Waals surface area contributed by atoms with Gasteiger partial charge in [-0.05, 0) is 20.4 Å². The van der Waals surface area contributed by atoms with Gasteiger partial charge in [-0.25, -0.2) is 8.42 Å². The summed E-state index contributed by atoms with van der Waals surface area (Å²) in [4.78, 5) is 14.0. The van der Waals surface area contributed by atoms with Crippen molar-refractivity contribution in [2.45, 2.75) is 25.0 Å². The van der Waals surface area contributed by atoms with E-state index < -0.39 is 15.4 Å². The van der Waals surface area contributed by atoms with E-state index in [0.29, 0.717) is 19.6 Å². The summed E-state index contributed by atoms with van der Waals surface area (Å²) in [6, 6.07) is 0. The summed E-state index contributed by atoms with van der Waals surface area (Å²) in [5.74, 6) is 0.0487. The van der Waals surface area contributed by atoms with E-state index in [4.69, 9.17) is 4.74 Å². The standard InChI is InChI=1S/C13H25N3O4S/c1-13(3-6-21(18,19)10-13)15-12(17)9-16(2)8-11-7-14-4-5-20-11/h11,14H,3-10H2,1-2H3,(H,15,17). The predicted molar refractivity (Wildman–Crippen MR) is 79.9 cm³/mol. The highest BCUT2D eigenvalue weighted by atomic mass is 32.2. The molecule has 0 aromatic carbocycles. The number of ether oxygens (including phenoxy) is 1. The third-order valence-electron chi connectivity index (χ3n) is 3.88. The van der Waals surface area contributed by atoms with Crippen molar-refractivity contribution in [2.75, 3.05) is 51.3 Å². The Morgan fingerprint density at radius 3 is 2.86 bits per heavy atom. The predicted octanol–water partition coefficient (Wildman–Crippen LogP) is -1.40. The van der Waals surface area contributed by atoms with Crippen LogP contribution in [0.1, 0.15) is 13.3 Å². The van der Waals surface area contributed by atoms with Crippen LogP contribution in [-0.4, -0.2) is 82.2 Å². The van der Waals surface area contributed by atoms with Crippen molar-refractivity contribution in [2.24, 2.45) is 0 Å². The van der Waals surface area contributed by atoms with Crippen LogP contribution in [0.25, 0.3) is 0 Å². The Labute approximate surface area is 126 Å². The van der Waals surface area contributed by atoms with Crippen molar-refractivity contribution < 1.29 is 17.9 Å². The lowest BCUT2D eigenvalue weighted by Gasteiger charge is -2.29. The van der Waals surface area contributed by atoms with Crippen molar-refractivity contribution in [3.63, 3.8) is 0 Å². The first-order chi connectivity index (χ1) is 9.78. The molecule has 2 heterocycles. The summed E-state index contributed by atoms with van der Waals surface area (Å²) in [5.41, 5.74) is -0.625. The van der Waals surface area contributed by atoms with Gasteiger partial charge in [0.25, 0.3) is 0 Å². The molecule has 122 valence electrons. The molecule has 2 saturated heterocycles. The number of nitrogens with one attached hydrogen (secondary N) is 2. The van der Waals surface area contributed by atoms with Gasteiger partial charge in [-0.15, -0.1) is 0 Å². The fourth-order valence-electron chi connectivity index (χ4n) is 2.88. The molecular weight excluding hydrogens is 294 g/mol. The van der Waals surface area contributed by atoms with Gasteiger partial charge in [0.1, 0.15) is 0 Å². The molecular formula is C13H25N3O4S. The van der Waals surface area contributed by atoms with E-state index in [1.54, 1.807) is 6.92 Å². The molecule has 8 heteroatoms. The SMILES string of the molecule is CN(CC(=O)NC1(C)CCS(=O)(=O)C1)CC1CNCCO1. The van der Waals surface area contributed by atoms with Crippen LogP contribution in [0, 0.1) is 0 Å². The van der Waals surface area contributed by atoms with Crippen LogP contribution in [-0.2, 0) is 19.4 Å². The summed E-state index contributed by atoms with van der Waals surface area (Å²) in [7, 11) is -1.14. The maximum Gasteiger partial charge on any atom is 0.234 e. The molecule has 0 aromatic rings. The van der Waals surface area contributed by atoms with Gasteiger partial charge in [0.05, 0.1) is 36.3 Å². The van der Waals surface area contributed by atoms with Crippen LogP contribution in [0.3, 0.4) is 0 Å². The fourth-order valence-corrected chi connectivity index (χ4v) is 4.97. The molecule has 0 bridgehead atoms. The number of likely N-dealkylation sites (N-methyl/N-ethyl adjacent to an activating group) is 1. The van der Waals surface area contributed by atoms with Gasteiger partial charge < -0.3 is 15.4 Å². The minimum absolute atomic E-state index is 0.0328. The zero-order valence-corrected chi connectivity index (χ0v) is 13.5. The second-order valence-corrected chi connectivity index (χ2v) is 8.53. The summed E-state index contributed by atoms with van der Waals surface area (Å²) in [6.07, 6.45) is 0.583. The van der Waals surface area contributed by atoms with E-state index in [1.807, 2.05) is 11.9 Å². The van der Waals surface area contributed by atoms with Crippen molar-refractivity contribution in [3.8, 4) is 0 Å². The Bertz CT molecular complexity index is 476. The zero-order valence-electron chi connectivity index (χ0n) is 12.7. The fraction of sp³-hybridized carbons (Fsp3) is 0.923. The maximum atomic E-state index is 12.1. The first-order valence-corrected chi connectivity index (χ1v) is 9.12. The van der Waals surface area contributed by atoms with Crippen molar-refractivity contribution in [3.05, 3.63) is 0 Å².